The molecule has 0 heterocycles. The molecule has 1 aromatic rings. The van der Waals surface area contributed by atoms with Crippen molar-refractivity contribution in [3.63, 3.8) is 0 Å². The average Bonchev–Trinajstić information content (AvgIpc) is 2.05. The van der Waals surface area contributed by atoms with E-state index in [4.69, 9.17) is 10.2 Å². The molecule has 0 unspecified atom stereocenters. The molecule has 3 nitrogen and oxygen atoms in total. The first-order chi connectivity index (χ1) is 5.22. The molecular formula is C8H12CaMgO3. The third kappa shape index (κ3) is 5.20. The number of hydrogen-bond donors (Lipinski definition) is 2. The Hall–Kier alpha value is 0.676. The number of rotatable bonds is 2. The first kappa shape index (κ1) is 16.1. The summed E-state index contributed by atoms with van der Waals surface area (Å²) in [5.41, 5.74) is 0.403. The molecule has 0 amide bonds. The Morgan fingerprint density at radius 1 is 1.23 bits per heavy atom. The minimum atomic E-state index is -1.41. The van der Waals surface area contributed by atoms with E-state index in [1.807, 2.05) is 0 Å². The predicted molar refractivity (Wildman–Crippen MR) is 56.1 cm³/mol. The van der Waals surface area contributed by atoms with Gasteiger partial charge < -0.3 is 10.2 Å². The molecule has 0 saturated heterocycles. The van der Waals surface area contributed by atoms with Gasteiger partial charge in [0.25, 0.3) is 0 Å². The molecule has 13 heavy (non-hydrogen) atoms. The molecule has 0 aliphatic carbocycles. The number of aliphatic hydroxyl groups excluding tert-OH is 1. The van der Waals surface area contributed by atoms with Crippen molar-refractivity contribution in [2.75, 3.05) is 0 Å². The first-order valence-corrected chi connectivity index (χ1v) is 3.17. The van der Waals surface area contributed by atoms with Crippen LogP contribution in [0.2, 0.25) is 0 Å². The third-order valence-electron chi connectivity index (χ3n) is 1.35. The molecule has 0 aliphatic heterocycles. The maximum Gasteiger partial charge on any atom is 0.316 e. The fourth-order valence-electron chi connectivity index (χ4n) is 0.778. The van der Waals surface area contributed by atoms with E-state index < -0.39 is 12.1 Å². The molecule has 0 aromatic heterocycles. The number of carboxylic acid groups (broad SMARTS) is 1. The molecule has 0 fully saturated rings. The Morgan fingerprint density at radius 3 is 2.08 bits per heavy atom. The van der Waals surface area contributed by atoms with Gasteiger partial charge in [0.05, 0.1) is 0 Å². The van der Waals surface area contributed by atoms with Crippen LogP contribution < -0.4 is 0 Å². The SMILES string of the molecule is O=C(O)[C@H](O)c1ccccc1.[CaH2].[MgH2]. The summed E-state index contributed by atoms with van der Waals surface area (Å²) in [6, 6.07) is 8.26. The van der Waals surface area contributed by atoms with Crippen molar-refractivity contribution >= 4 is 66.8 Å². The second kappa shape index (κ2) is 8.02. The number of aliphatic carboxylic acids is 1. The molecule has 0 aliphatic rings. The van der Waals surface area contributed by atoms with E-state index in [1.165, 1.54) is 0 Å². The summed E-state index contributed by atoms with van der Waals surface area (Å²) >= 11 is 0. The molecule has 0 bridgehead atoms. The van der Waals surface area contributed by atoms with Gasteiger partial charge in [0, 0.05) is 0 Å². The molecule has 5 heteroatoms. The molecule has 1 aromatic carbocycles. The maximum absolute atomic E-state index is 10.2. The van der Waals surface area contributed by atoms with Crippen molar-refractivity contribution in [2.24, 2.45) is 0 Å². The molecular weight excluding hydrogens is 208 g/mol. The summed E-state index contributed by atoms with van der Waals surface area (Å²) in [6.45, 7) is 0. The predicted octanol–water partition coefficient (Wildman–Crippen LogP) is -1.03. The van der Waals surface area contributed by atoms with Crippen LogP contribution in [0.25, 0.3) is 0 Å². The van der Waals surface area contributed by atoms with E-state index in [-0.39, 0.29) is 60.8 Å². The Labute approximate surface area is 122 Å². The van der Waals surface area contributed by atoms with Gasteiger partial charge in [-0.1, -0.05) is 30.3 Å². The smallest absolute Gasteiger partial charge is 0.316 e. The van der Waals surface area contributed by atoms with Crippen LogP contribution in [0.1, 0.15) is 11.7 Å². The van der Waals surface area contributed by atoms with Crippen molar-refractivity contribution in [1.29, 1.82) is 0 Å². The topological polar surface area (TPSA) is 57.5 Å². The van der Waals surface area contributed by atoms with E-state index in [0.717, 1.165) is 0 Å². The third-order valence-corrected chi connectivity index (χ3v) is 1.35. The summed E-state index contributed by atoms with van der Waals surface area (Å²) in [5, 5.41) is 17.4. The van der Waals surface area contributed by atoms with Crippen LogP contribution in [0.4, 0.5) is 0 Å². The standard InChI is InChI=1S/C8H8O3.Ca.Mg.4H/c9-7(8(10)11)6-4-2-1-3-5-6;;;;;;/h1-5,7,9H,(H,10,11);;;;;;/t7-;;;;;;/m1....../s1. The van der Waals surface area contributed by atoms with Crippen molar-refractivity contribution in [3.05, 3.63) is 35.9 Å². The molecule has 1 atom stereocenters. The van der Waals surface area contributed by atoms with Crippen LogP contribution in [0.15, 0.2) is 30.3 Å². The van der Waals surface area contributed by atoms with Crippen molar-refractivity contribution in [2.45, 2.75) is 6.10 Å². The molecule has 0 saturated carbocycles. The summed E-state index contributed by atoms with van der Waals surface area (Å²) < 4.78 is 0. The average molecular weight is 221 g/mol. The number of hydrogen-bond acceptors (Lipinski definition) is 2. The fraction of sp³-hybridized carbons (Fsp3) is 0.125. The van der Waals surface area contributed by atoms with E-state index in [1.54, 1.807) is 30.3 Å². The van der Waals surface area contributed by atoms with Gasteiger partial charge in [0.15, 0.2) is 6.10 Å². The van der Waals surface area contributed by atoms with Crippen molar-refractivity contribution in [3.8, 4) is 0 Å². The summed E-state index contributed by atoms with van der Waals surface area (Å²) in [4.78, 5) is 10.2. The van der Waals surface area contributed by atoms with Crippen LogP contribution in [0.3, 0.4) is 0 Å². The molecule has 66 valence electrons. The van der Waals surface area contributed by atoms with E-state index in [0.29, 0.717) is 5.56 Å². The van der Waals surface area contributed by atoms with Gasteiger partial charge in [-0.05, 0) is 5.56 Å². The van der Waals surface area contributed by atoms with Gasteiger partial charge >= 0.3 is 66.8 Å². The van der Waals surface area contributed by atoms with Crippen molar-refractivity contribution < 1.29 is 15.0 Å². The molecule has 1 rings (SSSR count). The minimum Gasteiger partial charge on any atom is 0.316 e. The van der Waals surface area contributed by atoms with Gasteiger partial charge in [0.1, 0.15) is 0 Å². The normalized spacial score (nSPS) is 10.5. The van der Waals surface area contributed by atoms with Gasteiger partial charge in [-0.25, -0.2) is 4.79 Å². The van der Waals surface area contributed by atoms with Gasteiger partial charge in [-0.3, -0.25) is 0 Å². The second-order valence-electron chi connectivity index (χ2n) is 2.15. The monoisotopic (exact) mass is 220 g/mol. The summed E-state index contributed by atoms with van der Waals surface area (Å²) in [5.74, 6) is -1.23. The molecule has 0 spiro atoms. The van der Waals surface area contributed by atoms with E-state index in [9.17, 15) is 4.79 Å². The van der Waals surface area contributed by atoms with Gasteiger partial charge in [-0.2, -0.15) is 0 Å². The zero-order valence-electron chi connectivity index (χ0n) is 5.77. The number of aliphatic hydroxyl groups is 1. The Bertz CT molecular complexity index is 253. The Balaban J connectivity index is 0. The zero-order valence-corrected chi connectivity index (χ0v) is 5.77. The fourth-order valence-corrected chi connectivity index (χ4v) is 0.778. The largest absolute Gasteiger partial charge is 0.316 e. The minimum absolute atomic E-state index is 0. The van der Waals surface area contributed by atoms with Gasteiger partial charge in [-0.15, -0.1) is 0 Å². The Morgan fingerprint density at radius 2 is 1.69 bits per heavy atom. The quantitative estimate of drug-likeness (QED) is 0.627. The zero-order chi connectivity index (χ0) is 8.27. The summed E-state index contributed by atoms with van der Waals surface area (Å²) in [7, 11) is 0. The number of carboxylic acids is 1. The van der Waals surface area contributed by atoms with E-state index in [2.05, 4.69) is 0 Å². The van der Waals surface area contributed by atoms with Crippen LogP contribution in [0.5, 0.6) is 0 Å². The van der Waals surface area contributed by atoms with Gasteiger partial charge in [0.2, 0.25) is 0 Å². The van der Waals surface area contributed by atoms with Crippen LogP contribution in [-0.2, 0) is 4.79 Å². The van der Waals surface area contributed by atoms with Crippen LogP contribution >= 0.6 is 0 Å². The summed E-state index contributed by atoms with van der Waals surface area (Å²) in [6.07, 6.45) is -1.41. The maximum atomic E-state index is 10.2. The van der Waals surface area contributed by atoms with Crippen LogP contribution in [-0.4, -0.2) is 77.0 Å². The first-order valence-electron chi connectivity index (χ1n) is 3.17. The number of benzene rings is 1. The second-order valence-corrected chi connectivity index (χ2v) is 2.15. The number of carbonyl (C=O) groups is 1. The molecule has 2 N–H and O–H groups in total. The molecule has 0 radical (unpaired) electrons. The van der Waals surface area contributed by atoms with Crippen molar-refractivity contribution in [1.82, 2.24) is 0 Å². The van der Waals surface area contributed by atoms with Crippen LogP contribution in [0, 0.1) is 0 Å². The van der Waals surface area contributed by atoms with E-state index >= 15 is 0 Å². The Kier molecular flexibility index (Phi) is 9.95.